The van der Waals surface area contributed by atoms with Crippen LogP contribution in [0.25, 0.3) is 0 Å². The van der Waals surface area contributed by atoms with Crippen LogP contribution in [0.2, 0.25) is 0 Å². The minimum Gasteiger partial charge on any atom is -0.468 e. The van der Waals surface area contributed by atoms with Crippen LogP contribution in [0.3, 0.4) is 0 Å². The van der Waals surface area contributed by atoms with Gasteiger partial charge < -0.3 is 9.84 Å². The summed E-state index contributed by atoms with van der Waals surface area (Å²) in [7, 11) is 1.36. The summed E-state index contributed by atoms with van der Waals surface area (Å²) in [4.78, 5) is 13.2. The standard InChI is InChI=1S/C8H13NO3/c1-12-8(11)6-7(10)5-2-3-9(6)4-5/h5-7,10H,2-4H2,1H3. The summed E-state index contributed by atoms with van der Waals surface area (Å²) >= 11 is 0. The fourth-order valence-electron chi connectivity index (χ4n) is 2.23. The highest BCUT2D eigenvalue weighted by molar-refractivity contribution is 5.77. The lowest BCUT2D eigenvalue weighted by Crippen LogP contribution is -2.45. The number of aliphatic hydroxyl groups excluding tert-OH is 1. The normalized spacial score (nSPS) is 44.8. The van der Waals surface area contributed by atoms with Crippen molar-refractivity contribution in [3.63, 3.8) is 0 Å². The maximum Gasteiger partial charge on any atom is 0.325 e. The Bertz CT molecular complexity index is 204. The van der Waals surface area contributed by atoms with E-state index in [0.717, 1.165) is 19.5 Å². The average Bonchev–Trinajstić information content (AvgIpc) is 2.63. The molecule has 2 bridgehead atoms. The number of ether oxygens (including phenoxy) is 1. The molecule has 4 heteroatoms. The van der Waals surface area contributed by atoms with Crippen LogP contribution in [-0.4, -0.2) is 48.3 Å². The molecule has 68 valence electrons. The third kappa shape index (κ3) is 0.949. The molecule has 0 aromatic heterocycles. The second kappa shape index (κ2) is 2.71. The van der Waals surface area contributed by atoms with Crippen molar-refractivity contribution in [3.8, 4) is 0 Å². The first-order chi connectivity index (χ1) is 5.74. The van der Waals surface area contributed by atoms with Gasteiger partial charge in [0.1, 0.15) is 6.04 Å². The Morgan fingerprint density at radius 2 is 2.42 bits per heavy atom. The van der Waals surface area contributed by atoms with E-state index in [1.807, 2.05) is 4.90 Å². The Morgan fingerprint density at radius 1 is 1.67 bits per heavy atom. The van der Waals surface area contributed by atoms with E-state index in [2.05, 4.69) is 4.74 Å². The molecule has 2 aliphatic rings. The molecule has 2 fully saturated rings. The van der Waals surface area contributed by atoms with Crippen molar-refractivity contribution in [1.29, 1.82) is 0 Å². The molecule has 12 heavy (non-hydrogen) atoms. The van der Waals surface area contributed by atoms with Crippen molar-refractivity contribution in [1.82, 2.24) is 4.90 Å². The molecule has 2 aliphatic heterocycles. The molecule has 2 saturated heterocycles. The van der Waals surface area contributed by atoms with Crippen molar-refractivity contribution < 1.29 is 14.6 Å². The lowest BCUT2D eigenvalue weighted by atomic mass is 9.97. The topological polar surface area (TPSA) is 49.8 Å². The van der Waals surface area contributed by atoms with Crippen molar-refractivity contribution in [2.24, 2.45) is 5.92 Å². The molecule has 0 aromatic rings. The van der Waals surface area contributed by atoms with Gasteiger partial charge in [-0.05, 0) is 13.0 Å². The summed E-state index contributed by atoms with van der Waals surface area (Å²) in [5, 5.41) is 9.64. The number of carbonyl (C=O) groups excluding carboxylic acids is 1. The van der Waals surface area contributed by atoms with E-state index in [9.17, 15) is 9.90 Å². The van der Waals surface area contributed by atoms with Crippen LogP contribution in [0.15, 0.2) is 0 Å². The molecular formula is C8H13NO3. The number of hydrogen-bond acceptors (Lipinski definition) is 4. The molecule has 0 amide bonds. The first-order valence-electron chi connectivity index (χ1n) is 4.24. The van der Waals surface area contributed by atoms with Gasteiger partial charge in [-0.25, -0.2) is 0 Å². The van der Waals surface area contributed by atoms with Gasteiger partial charge in [-0.15, -0.1) is 0 Å². The van der Waals surface area contributed by atoms with Gasteiger partial charge in [0.2, 0.25) is 0 Å². The average molecular weight is 171 g/mol. The largest absolute Gasteiger partial charge is 0.468 e. The number of nitrogens with zero attached hydrogens (tertiary/aromatic N) is 1. The number of carbonyl (C=O) groups is 1. The number of piperidine rings is 1. The van der Waals surface area contributed by atoms with Crippen LogP contribution in [0.4, 0.5) is 0 Å². The van der Waals surface area contributed by atoms with Gasteiger partial charge in [-0.1, -0.05) is 0 Å². The van der Waals surface area contributed by atoms with E-state index in [-0.39, 0.29) is 11.9 Å². The Labute approximate surface area is 71.1 Å². The number of fused-ring (bicyclic) bond motifs is 2. The van der Waals surface area contributed by atoms with Gasteiger partial charge in [-0.3, -0.25) is 9.69 Å². The Hall–Kier alpha value is -0.610. The third-order valence-corrected chi connectivity index (χ3v) is 2.90. The lowest BCUT2D eigenvalue weighted by molar-refractivity contribution is -0.149. The summed E-state index contributed by atoms with van der Waals surface area (Å²) in [5.74, 6) is -0.0150. The van der Waals surface area contributed by atoms with Crippen molar-refractivity contribution in [2.45, 2.75) is 18.6 Å². The summed E-state index contributed by atoms with van der Waals surface area (Å²) < 4.78 is 4.62. The molecule has 0 spiro atoms. The first-order valence-corrected chi connectivity index (χ1v) is 4.24. The van der Waals surface area contributed by atoms with Gasteiger partial charge in [0.05, 0.1) is 13.2 Å². The first kappa shape index (κ1) is 8.01. The van der Waals surface area contributed by atoms with E-state index < -0.39 is 12.1 Å². The quantitative estimate of drug-likeness (QED) is 0.526. The third-order valence-electron chi connectivity index (χ3n) is 2.90. The molecule has 1 N–H and O–H groups in total. The number of rotatable bonds is 1. The molecule has 2 heterocycles. The van der Waals surface area contributed by atoms with E-state index >= 15 is 0 Å². The van der Waals surface area contributed by atoms with E-state index in [4.69, 9.17) is 0 Å². The number of esters is 1. The molecule has 0 radical (unpaired) electrons. The van der Waals surface area contributed by atoms with Crippen LogP contribution >= 0.6 is 0 Å². The fraction of sp³-hybridized carbons (Fsp3) is 0.875. The molecule has 0 aromatic carbocycles. The highest BCUT2D eigenvalue weighted by Gasteiger charge is 2.49. The molecule has 4 unspecified atom stereocenters. The zero-order chi connectivity index (χ0) is 8.72. The van der Waals surface area contributed by atoms with Crippen molar-refractivity contribution in [2.75, 3.05) is 20.2 Å². The zero-order valence-corrected chi connectivity index (χ0v) is 7.06. The fourth-order valence-corrected chi connectivity index (χ4v) is 2.23. The maximum absolute atomic E-state index is 11.2. The SMILES string of the molecule is COC(=O)C1C(O)C2CCN1C2. The monoisotopic (exact) mass is 171 g/mol. The minimum atomic E-state index is -0.508. The van der Waals surface area contributed by atoms with Gasteiger partial charge >= 0.3 is 5.97 Å². The lowest BCUT2D eigenvalue weighted by Gasteiger charge is -2.26. The van der Waals surface area contributed by atoms with Crippen LogP contribution in [0.1, 0.15) is 6.42 Å². The van der Waals surface area contributed by atoms with E-state index in [1.54, 1.807) is 0 Å². The Morgan fingerprint density at radius 3 is 2.92 bits per heavy atom. The van der Waals surface area contributed by atoms with Crippen molar-refractivity contribution >= 4 is 5.97 Å². The number of aliphatic hydroxyl groups is 1. The summed E-state index contributed by atoms with van der Waals surface area (Å²) in [6, 6.07) is -0.395. The summed E-state index contributed by atoms with van der Waals surface area (Å²) in [6.45, 7) is 1.77. The highest BCUT2D eigenvalue weighted by atomic mass is 16.5. The molecule has 0 aliphatic carbocycles. The molecule has 0 saturated carbocycles. The summed E-state index contributed by atoms with van der Waals surface area (Å²) in [6.07, 6.45) is 0.500. The van der Waals surface area contributed by atoms with Crippen LogP contribution in [0.5, 0.6) is 0 Å². The molecule has 2 rings (SSSR count). The second-order valence-corrected chi connectivity index (χ2v) is 3.50. The highest BCUT2D eigenvalue weighted by Crippen LogP contribution is 2.33. The maximum atomic E-state index is 11.2. The second-order valence-electron chi connectivity index (χ2n) is 3.50. The Kier molecular flexibility index (Phi) is 1.81. The van der Waals surface area contributed by atoms with Gasteiger partial charge in [0, 0.05) is 12.5 Å². The Balaban J connectivity index is 2.12. The van der Waals surface area contributed by atoms with Gasteiger partial charge in [0.25, 0.3) is 0 Å². The van der Waals surface area contributed by atoms with E-state index in [1.165, 1.54) is 7.11 Å². The van der Waals surface area contributed by atoms with Crippen molar-refractivity contribution in [3.05, 3.63) is 0 Å². The van der Waals surface area contributed by atoms with Crippen LogP contribution in [0, 0.1) is 5.92 Å². The van der Waals surface area contributed by atoms with E-state index in [0.29, 0.717) is 0 Å². The smallest absolute Gasteiger partial charge is 0.325 e. The number of methoxy groups -OCH3 is 1. The van der Waals surface area contributed by atoms with Crippen LogP contribution < -0.4 is 0 Å². The minimum absolute atomic E-state index is 0.286. The predicted octanol–water partition coefficient (Wildman–Crippen LogP) is -0.776. The van der Waals surface area contributed by atoms with Gasteiger partial charge in [0.15, 0.2) is 0 Å². The molecule has 4 atom stereocenters. The predicted molar refractivity (Wildman–Crippen MR) is 41.5 cm³/mol. The molecular weight excluding hydrogens is 158 g/mol. The van der Waals surface area contributed by atoms with Gasteiger partial charge in [-0.2, -0.15) is 0 Å². The molecule has 4 nitrogen and oxygen atoms in total. The zero-order valence-electron chi connectivity index (χ0n) is 7.06. The number of hydrogen-bond donors (Lipinski definition) is 1. The van der Waals surface area contributed by atoms with Crippen LogP contribution in [-0.2, 0) is 9.53 Å². The summed E-state index contributed by atoms with van der Waals surface area (Å²) in [5.41, 5.74) is 0.